The van der Waals surface area contributed by atoms with Gasteiger partial charge in [-0.25, -0.2) is 0 Å². The van der Waals surface area contributed by atoms with Crippen molar-refractivity contribution in [2.75, 3.05) is 39.8 Å². The van der Waals surface area contributed by atoms with E-state index in [2.05, 4.69) is 22.6 Å². The number of hydrogen-bond donors (Lipinski definition) is 2. The van der Waals surface area contributed by atoms with Gasteiger partial charge in [0.25, 0.3) is 0 Å². The Hall–Kier alpha value is -0.0300. The molecule has 2 saturated heterocycles. The summed E-state index contributed by atoms with van der Waals surface area (Å²) in [5, 5.41) is 6.41. The van der Waals surface area contributed by atoms with E-state index in [9.17, 15) is 4.79 Å². The molecule has 0 spiro atoms. The molecule has 19 heavy (non-hydrogen) atoms. The summed E-state index contributed by atoms with van der Waals surface area (Å²) in [5.74, 6) is 1.50. The van der Waals surface area contributed by atoms with Crippen LogP contribution in [0.4, 0.5) is 0 Å². The Morgan fingerprint density at radius 2 is 1.89 bits per heavy atom. The standard InChI is InChI=1S/C13H25N3O.2ClH/c1-16-6-3-11(4-7-16)10-15-13(17)8-12-2-5-14-9-12;;/h11-12,14H,2-10H2,1H3,(H,15,17);2*1H. The topological polar surface area (TPSA) is 44.4 Å². The van der Waals surface area contributed by atoms with Crippen molar-refractivity contribution in [1.82, 2.24) is 15.5 Å². The molecule has 0 aromatic heterocycles. The van der Waals surface area contributed by atoms with Gasteiger partial charge in [0.15, 0.2) is 0 Å². The molecule has 2 rings (SSSR count). The molecule has 1 atom stereocenters. The average molecular weight is 312 g/mol. The number of amides is 1. The normalized spacial score (nSPS) is 24.4. The zero-order valence-electron chi connectivity index (χ0n) is 11.7. The first-order valence-electron chi connectivity index (χ1n) is 6.90. The van der Waals surface area contributed by atoms with Crippen molar-refractivity contribution in [3.05, 3.63) is 0 Å². The Morgan fingerprint density at radius 3 is 2.47 bits per heavy atom. The first kappa shape index (κ1) is 19.0. The van der Waals surface area contributed by atoms with E-state index in [-0.39, 0.29) is 30.7 Å². The number of nitrogens with zero attached hydrogens (tertiary/aromatic N) is 1. The minimum atomic E-state index is 0. The number of carbonyl (C=O) groups excluding carboxylic acids is 1. The fourth-order valence-electron chi connectivity index (χ4n) is 2.75. The predicted molar refractivity (Wildman–Crippen MR) is 83.3 cm³/mol. The van der Waals surface area contributed by atoms with Gasteiger partial charge in [-0.1, -0.05) is 0 Å². The van der Waals surface area contributed by atoms with Crippen LogP contribution in [0.5, 0.6) is 0 Å². The van der Waals surface area contributed by atoms with Crippen molar-refractivity contribution < 1.29 is 4.79 Å². The maximum Gasteiger partial charge on any atom is 0.220 e. The number of piperidine rings is 1. The highest BCUT2D eigenvalue weighted by atomic mass is 35.5. The first-order chi connectivity index (χ1) is 8.24. The van der Waals surface area contributed by atoms with Crippen LogP contribution < -0.4 is 10.6 Å². The second-order valence-corrected chi connectivity index (χ2v) is 5.61. The van der Waals surface area contributed by atoms with Crippen LogP contribution in [-0.2, 0) is 4.79 Å². The van der Waals surface area contributed by atoms with Crippen LogP contribution in [0, 0.1) is 11.8 Å². The van der Waals surface area contributed by atoms with Crippen LogP contribution in [0.3, 0.4) is 0 Å². The van der Waals surface area contributed by atoms with Crippen molar-refractivity contribution >= 4 is 30.7 Å². The van der Waals surface area contributed by atoms with Crippen LogP contribution in [0.15, 0.2) is 0 Å². The Morgan fingerprint density at radius 1 is 1.21 bits per heavy atom. The van der Waals surface area contributed by atoms with Gasteiger partial charge in [-0.2, -0.15) is 0 Å². The van der Waals surface area contributed by atoms with Crippen LogP contribution in [0.25, 0.3) is 0 Å². The Balaban J connectivity index is 0.00000162. The number of carbonyl (C=O) groups is 1. The SMILES string of the molecule is CN1CCC(CNC(=O)CC2CCNC2)CC1.Cl.Cl. The molecule has 2 N–H and O–H groups in total. The third kappa shape index (κ3) is 6.80. The Labute approximate surface area is 128 Å². The summed E-state index contributed by atoms with van der Waals surface area (Å²) >= 11 is 0. The molecule has 0 radical (unpaired) electrons. The van der Waals surface area contributed by atoms with Crippen molar-refractivity contribution in [3.8, 4) is 0 Å². The van der Waals surface area contributed by atoms with Gasteiger partial charge in [-0.15, -0.1) is 24.8 Å². The van der Waals surface area contributed by atoms with Crippen molar-refractivity contribution in [2.45, 2.75) is 25.7 Å². The quantitative estimate of drug-likeness (QED) is 0.822. The lowest BCUT2D eigenvalue weighted by Crippen LogP contribution is -2.37. The molecule has 0 aromatic rings. The van der Waals surface area contributed by atoms with Gasteiger partial charge in [-0.05, 0) is 64.3 Å². The summed E-state index contributed by atoms with van der Waals surface area (Å²) in [6, 6.07) is 0. The lowest BCUT2D eigenvalue weighted by atomic mass is 9.97. The number of halogens is 2. The molecule has 0 saturated carbocycles. The minimum Gasteiger partial charge on any atom is -0.356 e. The molecule has 2 aliphatic heterocycles. The highest BCUT2D eigenvalue weighted by Crippen LogP contribution is 2.15. The van der Waals surface area contributed by atoms with E-state index in [4.69, 9.17) is 0 Å². The Bertz CT molecular complexity index is 252. The first-order valence-corrected chi connectivity index (χ1v) is 6.90. The van der Waals surface area contributed by atoms with Crippen LogP contribution in [0.2, 0.25) is 0 Å². The molecule has 2 heterocycles. The van der Waals surface area contributed by atoms with Crippen molar-refractivity contribution in [3.63, 3.8) is 0 Å². The number of nitrogens with one attached hydrogen (secondary N) is 2. The van der Waals surface area contributed by atoms with Crippen molar-refractivity contribution in [1.29, 1.82) is 0 Å². The largest absolute Gasteiger partial charge is 0.356 e. The summed E-state index contributed by atoms with van der Waals surface area (Å²) < 4.78 is 0. The lowest BCUT2D eigenvalue weighted by molar-refractivity contribution is -0.122. The van der Waals surface area contributed by atoms with Crippen molar-refractivity contribution in [2.24, 2.45) is 11.8 Å². The lowest BCUT2D eigenvalue weighted by Gasteiger charge is -2.29. The molecule has 4 nitrogen and oxygen atoms in total. The van der Waals surface area contributed by atoms with Gasteiger partial charge >= 0.3 is 0 Å². The molecule has 0 aliphatic carbocycles. The van der Waals surface area contributed by atoms with Crippen LogP contribution in [-0.4, -0.2) is 50.6 Å². The number of rotatable bonds is 4. The van der Waals surface area contributed by atoms with Gasteiger partial charge in [0.05, 0.1) is 0 Å². The maximum atomic E-state index is 11.8. The average Bonchev–Trinajstić information content (AvgIpc) is 2.81. The highest BCUT2D eigenvalue weighted by molar-refractivity contribution is 5.85. The number of hydrogen-bond acceptors (Lipinski definition) is 3. The molecule has 114 valence electrons. The van der Waals surface area contributed by atoms with Gasteiger partial charge < -0.3 is 15.5 Å². The molecule has 6 heteroatoms. The third-order valence-corrected chi connectivity index (χ3v) is 4.06. The fraction of sp³-hybridized carbons (Fsp3) is 0.923. The second kappa shape index (κ2) is 9.81. The second-order valence-electron chi connectivity index (χ2n) is 5.61. The summed E-state index contributed by atoms with van der Waals surface area (Å²) in [5.41, 5.74) is 0. The van der Waals surface area contributed by atoms with Gasteiger partial charge in [0.1, 0.15) is 0 Å². The zero-order chi connectivity index (χ0) is 12.1. The zero-order valence-corrected chi connectivity index (χ0v) is 13.3. The molecule has 1 amide bonds. The molecule has 0 bridgehead atoms. The van der Waals surface area contributed by atoms with Gasteiger partial charge in [0, 0.05) is 13.0 Å². The van der Waals surface area contributed by atoms with E-state index in [0.717, 1.165) is 26.1 Å². The highest BCUT2D eigenvalue weighted by Gasteiger charge is 2.20. The maximum absolute atomic E-state index is 11.8. The predicted octanol–water partition coefficient (Wildman–Crippen LogP) is 1.29. The summed E-state index contributed by atoms with van der Waals surface area (Å²) in [6.07, 6.45) is 4.31. The van der Waals surface area contributed by atoms with Crippen LogP contribution in [0.1, 0.15) is 25.7 Å². The summed E-state index contributed by atoms with van der Waals surface area (Å²) in [6.45, 7) is 5.32. The molecular formula is C13H27Cl2N3O. The van der Waals surface area contributed by atoms with Gasteiger partial charge in [-0.3, -0.25) is 4.79 Å². The monoisotopic (exact) mass is 311 g/mol. The molecule has 0 aromatic carbocycles. The summed E-state index contributed by atoms with van der Waals surface area (Å²) in [4.78, 5) is 14.1. The molecule has 2 aliphatic rings. The van der Waals surface area contributed by atoms with Gasteiger partial charge in [0.2, 0.25) is 5.91 Å². The van der Waals surface area contributed by atoms with E-state index in [0.29, 0.717) is 18.3 Å². The van der Waals surface area contributed by atoms with E-state index in [1.54, 1.807) is 0 Å². The smallest absolute Gasteiger partial charge is 0.220 e. The molecular weight excluding hydrogens is 285 g/mol. The van der Waals surface area contributed by atoms with E-state index >= 15 is 0 Å². The fourth-order valence-corrected chi connectivity index (χ4v) is 2.75. The Kier molecular flexibility index (Phi) is 9.79. The van der Waals surface area contributed by atoms with E-state index in [1.807, 2.05) is 0 Å². The molecule has 1 unspecified atom stereocenters. The van der Waals surface area contributed by atoms with E-state index < -0.39 is 0 Å². The number of likely N-dealkylation sites (tertiary alicyclic amines) is 1. The third-order valence-electron chi connectivity index (χ3n) is 4.06. The van der Waals surface area contributed by atoms with Crippen LogP contribution >= 0.6 is 24.8 Å². The summed E-state index contributed by atoms with van der Waals surface area (Å²) in [7, 11) is 2.17. The van der Waals surface area contributed by atoms with E-state index in [1.165, 1.54) is 25.9 Å². The molecule has 2 fully saturated rings. The minimum absolute atomic E-state index is 0.